The molecule has 88 valence electrons. The van der Waals surface area contributed by atoms with Crippen molar-refractivity contribution in [1.29, 1.82) is 0 Å². The third-order valence-corrected chi connectivity index (χ3v) is 5.06. The van der Waals surface area contributed by atoms with E-state index in [0.29, 0.717) is 4.75 Å². The predicted molar refractivity (Wildman–Crippen MR) is 69.4 cm³/mol. The van der Waals surface area contributed by atoms with E-state index in [1.54, 1.807) is 0 Å². The molecule has 1 aliphatic rings. The van der Waals surface area contributed by atoms with E-state index in [9.17, 15) is 4.79 Å². The van der Waals surface area contributed by atoms with Crippen molar-refractivity contribution in [3.05, 3.63) is 23.0 Å². The molecule has 1 aromatic rings. The van der Waals surface area contributed by atoms with Crippen molar-refractivity contribution in [2.45, 2.75) is 44.9 Å². The minimum Gasteiger partial charge on any atom is -0.347 e. The lowest BCUT2D eigenvalue weighted by Crippen LogP contribution is -2.25. The van der Waals surface area contributed by atoms with Crippen LogP contribution in [0.15, 0.2) is 6.07 Å². The summed E-state index contributed by atoms with van der Waals surface area (Å²) < 4.78 is 2.65. The summed E-state index contributed by atoms with van der Waals surface area (Å²) in [6, 6.07) is 1.99. The molecule has 1 unspecified atom stereocenters. The smallest absolute Gasteiger partial charge is 0.151 e. The maximum Gasteiger partial charge on any atom is 0.151 e. The fraction of sp³-hybridized carbons (Fsp3) is 0.615. The molecule has 16 heavy (non-hydrogen) atoms. The van der Waals surface area contributed by atoms with Gasteiger partial charge in [0.2, 0.25) is 0 Å². The molecule has 1 saturated heterocycles. The Kier molecular flexibility index (Phi) is 3.15. The zero-order valence-corrected chi connectivity index (χ0v) is 11.1. The molecule has 2 rings (SSSR count). The van der Waals surface area contributed by atoms with Crippen molar-refractivity contribution in [3.63, 3.8) is 0 Å². The summed E-state index contributed by atoms with van der Waals surface area (Å²) in [5.74, 6) is 1.27. The molecule has 0 aromatic carbocycles. The third-order valence-electron chi connectivity index (χ3n) is 3.53. The van der Waals surface area contributed by atoms with Gasteiger partial charge in [0.15, 0.2) is 6.29 Å². The van der Waals surface area contributed by atoms with Gasteiger partial charge in [-0.1, -0.05) is 0 Å². The molecule has 2 nitrogen and oxygen atoms in total. The Labute approximate surface area is 101 Å². The standard InChI is InChI=1S/C13H19NOS/c1-10-7-12(8-15)11(2)14(10)9-13(3)5-4-6-16-13/h7-8H,4-6,9H2,1-3H3. The number of carbonyl (C=O) groups is 1. The van der Waals surface area contributed by atoms with Gasteiger partial charge in [-0.2, -0.15) is 11.8 Å². The summed E-state index contributed by atoms with van der Waals surface area (Å²) in [5, 5.41) is 0. The van der Waals surface area contributed by atoms with Crippen LogP contribution in [0.25, 0.3) is 0 Å². The number of rotatable bonds is 3. The molecule has 0 aliphatic carbocycles. The lowest BCUT2D eigenvalue weighted by molar-refractivity contribution is 0.112. The van der Waals surface area contributed by atoms with E-state index < -0.39 is 0 Å². The number of aromatic nitrogens is 1. The molecule has 1 fully saturated rings. The van der Waals surface area contributed by atoms with E-state index in [2.05, 4.69) is 30.2 Å². The lowest BCUT2D eigenvalue weighted by atomic mass is 10.1. The van der Waals surface area contributed by atoms with E-state index in [1.165, 1.54) is 24.3 Å². The second kappa shape index (κ2) is 4.28. The van der Waals surface area contributed by atoms with Gasteiger partial charge in [-0.15, -0.1) is 0 Å². The molecule has 3 heteroatoms. The first-order chi connectivity index (χ1) is 7.56. The Morgan fingerprint density at radius 3 is 2.81 bits per heavy atom. The van der Waals surface area contributed by atoms with Crippen molar-refractivity contribution >= 4 is 18.0 Å². The van der Waals surface area contributed by atoms with Gasteiger partial charge < -0.3 is 4.57 Å². The molecule has 0 radical (unpaired) electrons. The topological polar surface area (TPSA) is 22.0 Å². The summed E-state index contributed by atoms with van der Waals surface area (Å²) in [6.07, 6.45) is 3.56. The van der Waals surface area contributed by atoms with E-state index in [4.69, 9.17) is 0 Å². The third kappa shape index (κ3) is 2.05. The Balaban J connectivity index is 2.27. The molecular formula is C13H19NOS. The molecule has 0 bridgehead atoms. The number of carbonyl (C=O) groups excluding carboxylic acids is 1. The van der Waals surface area contributed by atoms with Gasteiger partial charge in [0.25, 0.3) is 0 Å². The summed E-state index contributed by atoms with van der Waals surface area (Å²) in [6.45, 7) is 7.50. The van der Waals surface area contributed by atoms with Gasteiger partial charge in [0, 0.05) is 28.2 Å². The van der Waals surface area contributed by atoms with Crippen LogP contribution in [0.3, 0.4) is 0 Å². The van der Waals surface area contributed by atoms with Crippen molar-refractivity contribution in [2.24, 2.45) is 0 Å². The van der Waals surface area contributed by atoms with E-state index in [1.807, 2.05) is 13.0 Å². The van der Waals surface area contributed by atoms with Crippen LogP contribution in [0.2, 0.25) is 0 Å². The van der Waals surface area contributed by atoms with Gasteiger partial charge in [-0.25, -0.2) is 0 Å². The van der Waals surface area contributed by atoms with Crippen molar-refractivity contribution in [2.75, 3.05) is 5.75 Å². The zero-order valence-electron chi connectivity index (χ0n) is 10.2. The summed E-state index contributed by atoms with van der Waals surface area (Å²) in [4.78, 5) is 10.9. The maximum absolute atomic E-state index is 10.9. The Bertz CT molecular complexity index is 402. The van der Waals surface area contributed by atoms with Crippen LogP contribution in [0, 0.1) is 13.8 Å². The highest BCUT2D eigenvalue weighted by atomic mass is 32.2. The molecule has 1 aromatic heterocycles. The second-order valence-corrected chi connectivity index (χ2v) is 6.61. The SMILES string of the molecule is Cc1cc(C=O)c(C)n1CC1(C)CCCS1. The number of hydrogen-bond acceptors (Lipinski definition) is 2. The molecule has 0 spiro atoms. The van der Waals surface area contributed by atoms with Crippen LogP contribution in [-0.2, 0) is 6.54 Å². The van der Waals surface area contributed by atoms with Gasteiger partial charge in [0.05, 0.1) is 0 Å². The monoisotopic (exact) mass is 237 g/mol. The molecule has 0 amide bonds. The highest BCUT2D eigenvalue weighted by molar-refractivity contribution is 8.00. The first-order valence-electron chi connectivity index (χ1n) is 5.82. The van der Waals surface area contributed by atoms with Crippen LogP contribution in [0.1, 0.15) is 41.5 Å². The van der Waals surface area contributed by atoms with Crippen molar-refractivity contribution in [1.82, 2.24) is 4.57 Å². The normalized spacial score (nSPS) is 24.9. The van der Waals surface area contributed by atoms with Crippen LogP contribution >= 0.6 is 11.8 Å². The number of hydrogen-bond donors (Lipinski definition) is 0. The highest BCUT2D eigenvalue weighted by Crippen LogP contribution is 2.39. The van der Waals surface area contributed by atoms with E-state index >= 15 is 0 Å². The van der Waals surface area contributed by atoms with Crippen LogP contribution in [-0.4, -0.2) is 21.4 Å². The minimum atomic E-state index is 0.356. The first-order valence-corrected chi connectivity index (χ1v) is 6.80. The van der Waals surface area contributed by atoms with Crippen LogP contribution in [0.4, 0.5) is 0 Å². The average molecular weight is 237 g/mol. The maximum atomic E-state index is 10.9. The fourth-order valence-electron chi connectivity index (χ4n) is 2.49. The predicted octanol–water partition coefficient (Wildman–Crippen LogP) is 3.20. The minimum absolute atomic E-state index is 0.356. The first kappa shape index (κ1) is 11.8. The van der Waals surface area contributed by atoms with E-state index in [0.717, 1.165) is 24.1 Å². The van der Waals surface area contributed by atoms with E-state index in [-0.39, 0.29) is 0 Å². The van der Waals surface area contributed by atoms with Gasteiger partial charge in [-0.3, -0.25) is 4.79 Å². The summed E-state index contributed by atoms with van der Waals surface area (Å²) in [5.41, 5.74) is 3.15. The zero-order chi connectivity index (χ0) is 11.8. The molecule has 0 N–H and O–H groups in total. The Morgan fingerprint density at radius 2 is 2.31 bits per heavy atom. The largest absolute Gasteiger partial charge is 0.347 e. The molecule has 2 heterocycles. The molecule has 0 saturated carbocycles. The molecule has 1 atom stereocenters. The number of aryl methyl sites for hydroxylation is 1. The van der Waals surface area contributed by atoms with Gasteiger partial charge >= 0.3 is 0 Å². The van der Waals surface area contributed by atoms with Crippen molar-refractivity contribution in [3.8, 4) is 0 Å². The Hall–Kier alpha value is -0.700. The number of thioether (sulfide) groups is 1. The van der Waals surface area contributed by atoms with Crippen molar-refractivity contribution < 1.29 is 4.79 Å². The van der Waals surface area contributed by atoms with Gasteiger partial charge in [0.1, 0.15) is 0 Å². The molecule has 1 aliphatic heterocycles. The van der Waals surface area contributed by atoms with Crippen LogP contribution in [0.5, 0.6) is 0 Å². The van der Waals surface area contributed by atoms with Crippen LogP contribution < -0.4 is 0 Å². The number of aldehydes is 1. The Morgan fingerprint density at radius 1 is 1.56 bits per heavy atom. The fourth-order valence-corrected chi connectivity index (χ4v) is 3.78. The number of nitrogens with zero attached hydrogens (tertiary/aromatic N) is 1. The second-order valence-electron chi connectivity index (χ2n) is 4.93. The average Bonchev–Trinajstić information content (AvgIpc) is 2.78. The highest BCUT2D eigenvalue weighted by Gasteiger charge is 2.30. The molecular weight excluding hydrogens is 218 g/mol. The lowest BCUT2D eigenvalue weighted by Gasteiger charge is -2.25. The summed E-state index contributed by atoms with van der Waals surface area (Å²) >= 11 is 2.06. The quantitative estimate of drug-likeness (QED) is 0.753. The van der Waals surface area contributed by atoms with Gasteiger partial charge in [-0.05, 0) is 45.4 Å². The summed E-state index contributed by atoms with van der Waals surface area (Å²) in [7, 11) is 0.